The number of hydrogen-bond acceptors (Lipinski definition) is 3. The number of benzene rings is 1. The second kappa shape index (κ2) is 5.61. The first-order chi connectivity index (χ1) is 9.74. The van der Waals surface area contributed by atoms with Crippen molar-refractivity contribution >= 4 is 5.69 Å². The van der Waals surface area contributed by atoms with Gasteiger partial charge in [-0.15, -0.1) is 0 Å². The Morgan fingerprint density at radius 3 is 2.80 bits per heavy atom. The molecule has 0 radical (unpaired) electrons. The molecule has 1 heterocycles. The van der Waals surface area contributed by atoms with E-state index < -0.39 is 0 Å². The molecule has 4 nitrogen and oxygen atoms in total. The Kier molecular flexibility index (Phi) is 3.67. The van der Waals surface area contributed by atoms with Crippen LogP contribution in [-0.4, -0.2) is 20.8 Å². The lowest BCUT2D eigenvalue weighted by Crippen LogP contribution is -2.23. The van der Waals surface area contributed by atoms with Crippen LogP contribution in [0.1, 0.15) is 32.6 Å². The Hall–Kier alpha value is -1.91. The van der Waals surface area contributed by atoms with Crippen molar-refractivity contribution in [3.05, 3.63) is 36.7 Å². The zero-order valence-electron chi connectivity index (χ0n) is 11.6. The van der Waals surface area contributed by atoms with Crippen molar-refractivity contribution in [2.75, 3.05) is 5.32 Å². The molecule has 106 valence electrons. The van der Waals surface area contributed by atoms with Crippen LogP contribution in [0.5, 0.6) is 0 Å². The van der Waals surface area contributed by atoms with Gasteiger partial charge in [0.1, 0.15) is 18.3 Å². The van der Waals surface area contributed by atoms with E-state index >= 15 is 0 Å². The minimum Gasteiger partial charge on any atom is -0.382 e. The van der Waals surface area contributed by atoms with E-state index in [1.165, 1.54) is 49.1 Å². The SMILES string of the molecule is CC(Nc1ccc(-n2cncn2)c(F)c1)C1CCCC1. The molecule has 0 amide bonds. The summed E-state index contributed by atoms with van der Waals surface area (Å²) in [6.07, 6.45) is 8.06. The molecule has 0 aliphatic heterocycles. The normalized spacial score (nSPS) is 17.3. The van der Waals surface area contributed by atoms with Crippen LogP contribution >= 0.6 is 0 Å². The third-order valence-corrected chi connectivity index (χ3v) is 4.11. The molecule has 20 heavy (non-hydrogen) atoms. The number of rotatable bonds is 4. The molecule has 1 aliphatic carbocycles. The summed E-state index contributed by atoms with van der Waals surface area (Å²) in [5.41, 5.74) is 1.24. The number of nitrogens with one attached hydrogen (secondary N) is 1. The molecule has 2 aromatic rings. The summed E-state index contributed by atoms with van der Waals surface area (Å²) in [5.74, 6) is 0.409. The maximum Gasteiger partial charge on any atom is 0.150 e. The van der Waals surface area contributed by atoms with E-state index in [-0.39, 0.29) is 5.82 Å². The smallest absolute Gasteiger partial charge is 0.150 e. The van der Waals surface area contributed by atoms with Crippen LogP contribution in [0.4, 0.5) is 10.1 Å². The highest BCUT2D eigenvalue weighted by molar-refractivity contribution is 5.50. The van der Waals surface area contributed by atoms with Gasteiger partial charge in [-0.05, 0) is 43.9 Å². The second-order valence-corrected chi connectivity index (χ2v) is 5.48. The molecule has 1 N–H and O–H groups in total. The highest BCUT2D eigenvalue weighted by atomic mass is 19.1. The first-order valence-electron chi connectivity index (χ1n) is 7.15. The third kappa shape index (κ3) is 2.66. The average Bonchev–Trinajstić information content (AvgIpc) is 3.12. The molecule has 3 rings (SSSR count). The van der Waals surface area contributed by atoms with Crippen molar-refractivity contribution in [1.29, 1.82) is 0 Å². The fourth-order valence-corrected chi connectivity index (χ4v) is 2.95. The molecule has 0 saturated heterocycles. The lowest BCUT2D eigenvalue weighted by Gasteiger charge is -2.21. The summed E-state index contributed by atoms with van der Waals surface area (Å²) in [6.45, 7) is 2.18. The van der Waals surface area contributed by atoms with Gasteiger partial charge >= 0.3 is 0 Å². The Balaban J connectivity index is 1.73. The van der Waals surface area contributed by atoms with Gasteiger partial charge < -0.3 is 5.32 Å². The van der Waals surface area contributed by atoms with E-state index in [2.05, 4.69) is 22.3 Å². The minimum atomic E-state index is -0.292. The van der Waals surface area contributed by atoms with Crippen LogP contribution in [-0.2, 0) is 0 Å². The van der Waals surface area contributed by atoms with Gasteiger partial charge in [-0.2, -0.15) is 5.10 Å². The van der Waals surface area contributed by atoms with Crippen LogP contribution in [0.15, 0.2) is 30.9 Å². The van der Waals surface area contributed by atoms with E-state index in [9.17, 15) is 4.39 Å². The highest BCUT2D eigenvalue weighted by Crippen LogP contribution is 2.29. The van der Waals surface area contributed by atoms with Gasteiger partial charge in [0.25, 0.3) is 0 Å². The molecule has 1 unspecified atom stereocenters. The first kappa shape index (κ1) is 13.1. The number of anilines is 1. The molecular formula is C15H19FN4. The zero-order valence-corrected chi connectivity index (χ0v) is 11.6. The van der Waals surface area contributed by atoms with Gasteiger partial charge in [-0.25, -0.2) is 14.1 Å². The lowest BCUT2D eigenvalue weighted by molar-refractivity contribution is 0.482. The van der Waals surface area contributed by atoms with Crippen molar-refractivity contribution < 1.29 is 4.39 Å². The standard InChI is InChI=1S/C15H19FN4/c1-11(12-4-2-3-5-12)19-13-6-7-15(14(16)8-13)20-10-17-9-18-20/h6-12,19H,2-5H2,1H3. The van der Waals surface area contributed by atoms with Gasteiger partial charge in [-0.3, -0.25) is 0 Å². The fourth-order valence-electron chi connectivity index (χ4n) is 2.95. The van der Waals surface area contributed by atoms with Crippen molar-refractivity contribution in [1.82, 2.24) is 14.8 Å². The Labute approximate surface area is 118 Å². The molecule has 1 aromatic carbocycles. The third-order valence-electron chi connectivity index (χ3n) is 4.11. The molecule has 1 atom stereocenters. The van der Waals surface area contributed by atoms with Gasteiger partial charge in [0.2, 0.25) is 0 Å². The van der Waals surface area contributed by atoms with Crippen LogP contribution < -0.4 is 5.32 Å². The maximum atomic E-state index is 14.1. The predicted octanol–water partition coefficient (Wildman–Crippen LogP) is 3.40. The zero-order chi connectivity index (χ0) is 13.9. The highest BCUT2D eigenvalue weighted by Gasteiger charge is 2.21. The van der Waals surface area contributed by atoms with E-state index in [4.69, 9.17) is 0 Å². The summed E-state index contributed by atoms with van der Waals surface area (Å²) in [7, 11) is 0. The van der Waals surface area contributed by atoms with Gasteiger partial charge in [-0.1, -0.05) is 12.8 Å². The number of halogens is 1. The predicted molar refractivity (Wildman–Crippen MR) is 76.4 cm³/mol. The number of hydrogen-bond donors (Lipinski definition) is 1. The summed E-state index contributed by atoms with van der Waals surface area (Å²) in [4.78, 5) is 3.83. The topological polar surface area (TPSA) is 42.7 Å². The monoisotopic (exact) mass is 274 g/mol. The van der Waals surface area contributed by atoms with Crippen molar-refractivity contribution in [3.8, 4) is 5.69 Å². The summed E-state index contributed by atoms with van der Waals surface area (Å²) >= 11 is 0. The molecule has 0 spiro atoms. The molecule has 1 saturated carbocycles. The van der Waals surface area contributed by atoms with Crippen molar-refractivity contribution in [2.45, 2.75) is 38.6 Å². The van der Waals surface area contributed by atoms with Gasteiger partial charge in [0, 0.05) is 11.7 Å². The van der Waals surface area contributed by atoms with E-state index in [0.29, 0.717) is 17.6 Å². The Morgan fingerprint density at radius 1 is 1.35 bits per heavy atom. The summed E-state index contributed by atoms with van der Waals surface area (Å²) in [5, 5.41) is 7.36. The molecule has 0 bridgehead atoms. The van der Waals surface area contributed by atoms with Crippen LogP contribution in [0.2, 0.25) is 0 Å². The first-order valence-corrected chi connectivity index (χ1v) is 7.15. The quantitative estimate of drug-likeness (QED) is 0.929. The van der Waals surface area contributed by atoms with E-state index in [0.717, 1.165) is 5.69 Å². The van der Waals surface area contributed by atoms with Gasteiger partial charge in [0.15, 0.2) is 5.82 Å². The van der Waals surface area contributed by atoms with Crippen molar-refractivity contribution in [2.24, 2.45) is 5.92 Å². The summed E-state index contributed by atoms with van der Waals surface area (Å²) in [6, 6.07) is 5.54. The van der Waals surface area contributed by atoms with Gasteiger partial charge in [0.05, 0.1) is 0 Å². The largest absolute Gasteiger partial charge is 0.382 e. The van der Waals surface area contributed by atoms with Crippen LogP contribution in [0.3, 0.4) is 0 Å². The minimum absolute atomic E-state index is 0.292. The Morgan fingerprint density at radius 2 is 2.15 bits per heavy atom. The number of nitrogens with zero attached hydrogens (tertiary/aromatic N) is 3. The van der Waals surface area contributed by atoms with Crippen molar-refractivity contribution in [3.63, 3.8) is 0 Å². The fraction of sp³-hybridized carbons (Fsp3) is 0.467. The van der Waals surface area contributed by atoms with Crippen LogP contribution in [0, 0.1) is 11.7 Å². The Bertz CT molecular complexity index is 561. The molecule has 1 fully saturated rings. The molecule has 1 aliphatic rings. The summed E-state index contributed by atoms with van der Waals surface area (Å²) < 4.78 is 15.5. The average molecular weight is 274 g/mol. The molecular weight excluding hydrogens is 255 g/mol. The van der Waals surface area contributed by atoms with E-state index in [1.54, 1.807) is 6.07 Å². The van der Waals surface area contributed by atoms with Crippen LogP contribution in [0.25, 0.3) is 5.69 Å². The van der Waals surface area contributed by atoms with E-state index in [1.807, 2.05) is 6.07 Å². The maximum absolute atomic E-state index is 14.1. The lowest BCUT2D eigenvalue weighted by atomic mass is 9.99. The second-order valence-electron chi connectivity index (χ2n) is 5.48. The number of aromatic nitrogens is 3. The molecule has 1 aromatic heterocycles. The molecule has 5 heteroatoms.